The maximum absolute atomic E-state index is 11.6. The molecule has 7 heteroatoms. The van der Waals surface area contributed by atoms with Gasteiger partial charge in [-0.2, -0.15) is 11.8 Å². The van der Waals surface area contributed by atoms with Crippen LogP contribution in [-0.4, -0.2) is 65.7 Å². The number of nitrogens with zero attached hydrogens (tertiary/aromatic N) is 1. The minimum absolute atomic E-state index is 0.137. The summed E-state index contributed by atoms with van der Waals surface area (Å²) in [5.41, 5.74) is 0. The van der Waals surface area contributed by atoms with Crippen molar-refractivity contribution in [3.8, 4) is 0 Å². The average Bonchev–Trinajstić information content (AvgIpc) is 2.36. The fourth-order valence-electron chi connectivity index (χ4n) is 1.86. The molecule has 1 fully saturated rings. The van der Waals surface area contributed by atoms with Crippen LogP contribution in [-0.2, 0) is 4.79 Å². The topological polar surface area (TPSA) is 81.7 Å². The number of hydrogen-bond acceptors (Lipinski definition) is 4. The van der Waals surface area contributed by atoms with Gasteiger partial charge in [-0.25, -0.2) is 9.59 Å². The molecular weight excluding hydrogens is 266 g/mol. The Kier molecular flexibility index (Phi) is 7.01. The van der Waals surface area contributed by atoms with E-state index < -0.39 is 18.0 Å². The number of nitrogens with one attached hydrogen (secondary N) is 2. The van der Waals surface area contributed by atoms with Gasteiger partial charge in [-0.15, -0.1) is 0 Å². The van der Waals surface area contributed by atoms with Crippen LogP contribution in [0.2, 0.25) is 0 Å². The van der Waals surface area contributed by atoms with E-state index in [-0.39, 0.29) is 5.92 Å². The minimum atomic E-state index is -1.00. The molecule has 6 nitrogen and oxygen atoms in total. The Labute approximate surface area is 118 Å². The standard InChI is InChI=1S/C12H23N3O3S/c1-9(2)10(11(16)17)14-12(18)13-3-4-15-5-7-19-8-6-15/h9-10H,3-8H2,1-2H3,(H,16,17)(H2,13,14,18)/t10-/m1/s1. The molecule has 0 aliphatic carbocycles. The molecular formula is C12H23N3O3S. The van der Waals surface area contributed by atoms with Crippen molar-refractivity contribution >= 4 is 23.8 Å². The first-order chi connectivity index (χ1) is 9.00. The third-order valence-corrected chi connectivity index (χ3v) is 3.98. The van der Waals surface area contributed by atoms with Crippen LogP contribution in [0.15, 0.2) is 0 Å². The molecule has 19 heavy (non-hydrogen) atoms. The van der Waals surface area contributed by atoms with Gasteiger partial charge < -0.3 is 15.7 Å². The molecule has 3 N–H and O–H groups in total. The molecule has 0 spiro atoms. The van der Waals surface area contributed by atoms with Crippen LogP contribution in [0.5, 0.6) is 0 Å². The third kappa shape index (κ3) is 6.15. The van der Waals surface area contributed by atoms with Crippen molar-refractivity contribution in [2.24, 2.45) is 5.92 Å². The lowest BCUT2D eigenvalue weighted by molar-refractivity contribution is -0.140. The van der Waals surface area contributed by atoms with Crippen LogP contribution >= 0.6 is 11.8 Å². The summed E-state index contributed by atoms with van der Waals surface area (Å²) >= 11 is 1.95. The Hall–Kier alpha value is -0.950. The number of aliphatic carboxylic acids is 1. The van der Waals surface area contributed by atoms with Gasteiger partial charge in [-0.3, -0.25) is 4.90 Å². The first kappa shape index (κ1) is 16.1. The van der Waals surface area contributed by atoms with Gasteiger partial charge in [0.1, 0.15) is 6.04 Å². The summed E-state index contributed by atoms with van der Waals surface area (Å²) in [6, 6.07) is -1.25. The maximum Gasteiger partial charge on any atom is 0.326 e. The zero-order chi connectivity index (χ0) is 14.3. The molecule has 1 rings (SSSR count). The van der Waals surface area contributed by atoms with Crippen molar-refractivity contribution < 1.29 is 14.7 Å². The lowest BCUT2D eigenvalue weighted by Gasteiger charge is -2.26. The van der Waals surface area contributed by atoms with E-state index in [4.69, 9.17) is 5.11 Å². The summed E-state index contributed by atoms with van der Waals surface area (Å²) in [6.45, 7) is 7.00. The van der Waals surface area contributed by atoms with Gasteiger partial charge in [0.15, 0.2) is 0 Å². The normalized spacial score (nSPS) is 18.1. The summed E-state index contributed by atoms with van der Waals surface area (Å²) in [7, 11) is 0. The maximum atomic E-state index is 11.6. The molecule has 110 valence electrons. The van der Waals surface area contributed by atoms with Crippen molar-refractivity contribution in [3.63, 3.8) is 0 Å². The Bertz CT molecular complexity index is 307. The highest BCUT2D eigenvalue weighted by Crippen LogP contribution is 2.07. The summed E-state index contributed by atoms with van der Waals surface area (Å²) in [4.78, 5) is 24.8. The Morgan fingerprint density at radius 3 is 2.47 bits per heavy atom. The van der Waals surface area contributed by atoms with Crippen molar-refractivity contribution in [2.45, 2.75) is 19.9 Å². The summed E-state index contributed by atoms with van der Waals surface area (Å²) < 4.78 is 0. The van der Waals surface area contributed by atoms with Crippen LogP contribution in [0.3, 0.4) is 0 Å². The smallest absolute Gasteiger partial charge is 0.326 e. The molecule has 0 bridgehead atoms. The number of hydrogen-bond donors (Lipinski definition) is 3. The van der Waals surface area contributed by atoms with E-state index in [9.17, 15) is 9.59 Å². The van der Waals surface area contributed by atoms with E-state index in [1.54, 1.807) is 13.8 Å². The molecule has 1 atom stereocenters. The van der Waals surface area contributed by atoms with E-state index in [0.29, 0.717) is 6.54 Å². The summed E-state index contributed by atoms with van der Waals surface area (Å²) in [5, 5.41) is 14.2. The fraction of sp³-hybridized carbons (Fsp3) is 0.833. The molecule has 1 aliphatic heterocycles. The Balaban J connectivity index is 2.21. The molecule has 0 aromatic carbocycles. The lowest BCUT2D eigenvalue weighted by Crippen LogP contribution is -2.50. The molecule has 1 aliphatic rings. The first-order valence-corrected chi connectivity index (χ1v) is 7.73. The number of carboxylic acids is 1. The van der Waals surface area contributed by atoms with Crippen LogP contribution in [0.4, 0.5) is 4.79 Å². The van der Waals surface area contributed by atoms with E-state index in [1.807, 2.05) is 11.8 Å². The summed E-state index contributed by atoms with van der Waals surface area (Å²) in [5.74, 6) is 1.14. The second-order valence-corrected chi connectivity index (χ2v) is 6.14. The Morgan fingerprint density at radius 2 is 1.95 bits per heavy atom. The zero-order valence-electron chi connectivity index (χ0n) is 11.5. The number of amides is 2. The molecule has 0 radical (unpaired) electrons. The van der Waals surface area contributed by atoms with Gasteiger partial charge in [0.05, 0.1) is 0 Å². The quantitative estimate of drug-likeness (QED) is 0.661. The average molecular weight is 289 g/mol. The Morgan fingerprint density at radius 1 is 1.32 bits per heavy atom. The molecule has 0 saturated carbocycles. The van der Waals surface area contributed by atoms with Crippen LogP contribution in [0, 0.1) is 5.92 Å². The highest BCUT2D eigenvalue weighted by Gasteiger charge is 2.23. The van der Waals surface area contributed by atoms with Crippen LogP contribution < -0.4 is 10.6 Å². The van der Waals surface area contributed by atoms with Crippen molar-refractivity contribution in [1.29, 1.82) is 0 Å². The molecule has 0 unspecified atom stereocenters. The highest BCUT2D eigenvalue weighted by atomic mass is 32.2. The SMILES string of the molecule is CC(C)[C@@H](NC(=O)NCCN1CCSCC1)C(=O)O. The number of carbonyl (C=O) groups is 2. The second-order valence-electron chi connectivity index (χ2n) is 4.91. The van der Waals surface area contributed by atoms with Gasteiger partial charge in [0.2, 0.25) is 0 Å². The van der Waals surface area contributed by atoms with E-state index >= 15 is 0 Å². The second kappa shape index (κ2) is 8.27. The minimum Gasteiger partial charge on any atom is -0.480 e. The lowest BCUT2D eigenvalue weighted by atomic mass is 10.1. The number of carbonyl (C=O) groups excluding carboxylic acids is 1. The van der Waals surface area contributed by atoms with Gasteiger partial charge in [-0.05, 0) is 5.92 Å². The van der Waals surface area contributed by atoms with Crippen molar-refractivity contribution in [3.05, 3.63) is 0 Å². The van der Waals surface area contributed by atoms with E-state index in [2.05, 4.69) is 15.5 Å². The van der Waals surface area contributed by atoms with Gasteiger partial charge in [0.25, 0.3) is 0 Å². The zero-order valence-corrected chi connectivity index (χ0v) is 12.3. The van der Waals surface area contributed by atoms with Gasteiger partial charge >= 0.3 is 12.0 Å². The van der Waals surface area contributed by atoms with Gasteiger partial charge in [-0.1, -0.05) is 13.8 Å². The molecule has 2 amide bonds. The molecule has 1 saturated heterocycles. The molecule has 0 aromatic heterocycles. The number of thioether (sulfide) groups is 1. The summed E-state index contributed by atoms with van der Waals surface area (Å²) in [6.07, 6.45) is 0. The monoisotopic (exact) mass is 289 g/mol. The van der Waals surface area contributed by atoms with Crippen molar-refractivity contribution in [1.82, 2.24) is 15.5 Å². The largest absolute Gasteiger partial charge is 0.480 e. The number of carboxylic acid groups (broad SMARTS) is 1. The predicted molar refractivity (Wildman–Crippen MR) is 76.6 cm³/mol. The number of urea groups is 1. The van der Waals surface area contributed by atoms with Crippen molar-refractivity contribution in [2.75, 3.05) is 37.7 Å². The fourth-order valence-corrected chi connectivity index (χ4v) is 2.84. The van der Waals surface area contributed by atoms with Gasteiger partial charge in [0, 0.05) is 37.7 Å². The predicted octanol–water partition coefficient (Wildman–Crippen LogP) is 0.444. The molecule has 1 heterocycles. The first-order valence-electron chi connectivity index (χ1n) is 6.58. The molecule has 0 aromatic rings. The number of rotatable bonds is 6. The van der Waals surface area contributed by atoms with Crippen LogP contribution in [0.1, 0.15) is 13.8 Å². The third-order valence-electron chi connectivity index (χ3n) is 3.04. The van der Waals surface area contributed by atoms with Crippen LogP contribution in [0.25, 0.3) is 0 Å². The van der Waals surface area contributed by atoms with E-state index in [1.165, 1.54) is 0 Å². The highest BCUT2D eigenvalue weighted by molar-refractivity contribution is 7.99. The van der Waals surface area contributed by atoms with E-state index in [0.717, 1.165) is 31.1 Å².